The SMILES string of the molecule is O=C(c1cncnc1)N1CCC2(CC1)CC(Nc1ncccn1)C2. The van der Waals surface area contributed by atoms with Crippen molar-refractivity contribution in [2.45, 2.75) is 31.7 Å². The fourth-order valence-corrected chi connectivity index (χ4v) is 3.83. The maximum atomic E-state index is 12.4. The van der Waals surface area contributed by atoms with E-state index >= 15 is 0 Å². The predicted octanol–water partition coefficient (Wildman–Crippen LogP) is 1.76. The van der Waals surface area contributed by atoms with Crippen molar-refractivity contribution in [1.29, 1.82) is 0 Å². The van der Waals surface area contributed by atoms with Crippen LogP contribution in [0.5, 0.6) is 0 Å². The van der Waals surface area contributed by atoms with Crippen molar-refractivity contribution in [3.05, 3.63) is 42.7 Å². The maximum absolute atomic E-state index is 12.4. The van der Waals surface area contributed by atoms with E-state index in [4.69, 9.17) is 0 Å². The van der Waals surface area contributed by atoms with Crippen molar-refractivity contribution in [2.24, 2.45) is 5.41 Å². The molecule has 2 fully saturated rings. The summed E-state index contributed by atoms with van der Waals surface area (Å²) in [4.78, 5) is 30.6. The van der Waals surface area contributed by atoms with E-state index in [0.29, 0.717) is 23.0 Å². The van der Waals surface area contributed by atoms with E-state index in [-0.39, 0.29) is 5.91 Å². The summed E-state index contributed by atoms with van der Waals surface area (Å²) >= 11 is 0. The standard InChI is InChI=1S/C17H20N6O/c24-15(13-10-18-12-19-11-13)23-6-2-17(3-7-23)8-14(9-17)22-16-20-4-1-5-21-16/h1,4-5,10-12,14H,2-3,6-9H2,(H,20,21,22). The molecule has 1 aliphatic heterocycles. The first-order chi connectivity index (χ1) is 11.7. The van der Waals surface area contributed by atoms with E-state index in [1.165, 1.54) is 6.33 Å². The molecule has 1 aliphatic carbocycles. The fourth-order valence-electron chi connectivity index (χ4n) is 3.83. The van der Waals surface area contributed by atoms with Gasteiger partial charge in [0.15, 0.2) is 0 Å². The summed E-state index contributed by atoms with van der Waals surface area (Å²) in [5.41, 5.74) is 0.944. The Balaban J connectivity index is 1.29. The second-order valence-electron chi connectivity index (χ2n) is 6.74. The van der Waals surface area contributed by atoms with Gasteiger partial charge in [-0.15, -0.1) is 0 Å². The number of hydrogen-bond donors (Lipinski definition) is 1. The van der Waals surface area contributed by atoms with Gasteiger partial charge in [0.1, 0.15) is 6.33 Å². The second-order valence-corrected chi connectivity index (χ2v) is 6.74. The van der Waals surface area contributed by atoms with Crippen LogP contribution < -0.4 is 5.32 Å². The number of rotatable bonds is 3. The van der Waals surface area contributed by atoms with Crippen molar-refractivity contribution in [3.8, 4) is 0 Å². The monoisotopic (exact) mass is 324 g/mol. The topological polar surface area (TPSA) is 83.9 Å². The molecule has 124 valence electrons. The summed E-state index contributed by atoms with van der Waals surface area (Å²) in [6.07, 6.45) is 12.5. The minimum atomic E-state index is 0.0390. The van der Waals surface area contributed by atoms with Crippen molar-refractivity contribution < 1.29 is 4.79 Å². The molecular formula is C17H20N6O. The lowest BCUT2D eigenvalue weighted by molar-refractivity contribution is 0.0218. The normalized spacial score (nSPS) is 19.8. The summed E-state index contributed by atoms with van der Waals surface area (Å²) in [5, 5.41) is 3.39. The molecule has 0 atom stereocenters. The number of aromatic nitrogens is 4. The van der Waals surface area contributed by atoms with Crippen molar-refractivity contribution >= 4 is 11.9 Å². The molecule has 1 saturated carbocycles. The van der Waals surface area contributed by atoms with E-state index in [1.807, 2.05) is 11.0 Å². The number of carbonyl (C=O) groups excluding carboxylic acids is 1. The average Bonchev–Trinajstić information content (AvgIpc) is 2.62. The van der Waals surface area contributed by atoms with Crippen LogP contribution in [0.2, 0.25) is 0 Å². The smallest absolute Gasteiger partial charge is 0.256 e. The number of anilines is 1. The molecule has 0 unspecified atom stereocenters. The number of hydrogen-bond acceptors (Lipinski definition) is 6. The number of amides is 1. The Morgan fingerprint density at radius 1 is 1.12 bits per heavy atom. The van der Waals surface area contributed by atoms with Gasteiger partial charge < -0.3 is 10.2 Å². The summed E-state index contributed by atoms with van der Waals surface area (Å²) in [6, 6.07) is 2.26. The Morgan fingerprint density at radius 3 is 2.46 bits per heavy atom. The Labute approximate surface area is 140 Å². The van der Waals surface area contributed by atoms with E-state index in [9.17, 15) is 4.79 Å². The van der Waals surface area contributed by atoms with Crippen LogP contribution in [0.3, 0.4) is 0 Å². The highest BCUT2D eigenvalue weighted by atomic mass is 16.2. The minimum absolute atomic E-state index is 0.0390. The lowest BCUT2D eigenvalue weighted by atomic mass is 9.60. The molecule has 1 saturated heterocycles. The number of carbonyl (C=O) groups is 1. The van der Waals surface area contributed by atoms with Gasteiger partial charge in [-0.05, 0) is 37.2 Å². The summed E-state index contributed by atoms with van der Waals surface area (Å²) in [5.74, 6) is 0.742. The first-order valence-corrected chi connectivity index (χ1v) is 8.32. The van der Waals surface area contributed by atoms with Gasteiger partial charge in [0.2, 0.25) is 5.95 Å². The first kappa shape index (κ1) is 15.0. The van der Waals surface area contributed by atoms with Gasteiger partial charge in [-0.25, -0.2) is 19.9 Å². The van der Waals surface area contributed by atoms with Crippen LogP contribution in [-0.2, 0) is 0 Å². The molecule has 7 heteroatoms. The zero-order valence-electron chi connectivity index (χ0n) is 13.4. The lowest BCUT2D eigenvalue weighted by Crippen LogP contribution is -2.52. The molecule has 24 heavy (non-hydrogen) atoms. The molecule has 1 N–H and O–H groups in total. The molecule has 0 radical (unpaired) electrons. The number of nitrogens with one attached hydrogen (secondary N) is 1. The van der Waals surface area contributed by atoms with Crippen molar-refractivity contribution in [1.82, 2.24) is 24.8 Å². The van der Waals surface area contributed by atoms with Gasteiger partial charge in [0, 0.05) is 43.9 Å². The van der Waals surface area contributed by atoms with Crippen LogP contribution in [0.15, 0.2) is 37.2 Å². The van der Waals surface area contributed by atoms with Gasteiger partial charge in [-0.2, -0.15) is 0 Å². The predicted molar refractivity (Wildman–Crippen MR) is 88.3 cm³/mol. The molecule has 2 aliphatic rings. The first-order valence-electron chi connectivity index (χ1n) is 8.32. The Hall–Kier alpha value is -2.57. The summed E-state index contributed by atoms with van der Waals surface area (Å²) < 4.78 is 0. The van der Waals surface area contributed by atoms with E-state index in [2.05, 4.69) is 25.3 Å². The highest BCUT2D eigenvalue weighted by Gasteiger charge is 2.46. The summed E-state index contributed by atoms with van der Waals surface area (Å²) in [7, 11) is 0. The van der Waals surface area contributed by atoms with Crippen LogP contribution in [0.4, 0.5) is 5.95 Å². The number of likely N-dealkylation sites (tertiary alicyclic amines) is 1. The van der Waals surface area contributed by atoms with Crippen molar-refractivity contribution in [3.63, 3.8) is 0 Å². The fraction of sp³-hybridized carbons (Fsp3) is 0.471. The van der Waals surface area contributed by atoms with Crippen LogP contribution in [0.25, 0.3) is 0 Å². The van der Waals surface area contributed by atoms with Gasteiger partial charge >= 0.3 is 0 Å². The van der Waals surface area contributed by atoms with Gasteiger partial charge in [-0.1, -0.05) is 0 Å². The number of piperidine rings is 1. The maximum Gasteiger partial charge on any atom is 0.256 e. The average molecular weight is 324 g/mol. The third-order valence-corrected chi connectivity index (χ3v) is 5.18. The number of nitrogens with zero attached hydrogens (tertiary/aromatic N) is 5. The molecule has 0 bridgehead atoms. The summed E-state index contributed by atoms with van der Waals surface area (Å²) in [6.45, 7) is 1.62. The van der Waals surface area contributed by atoms with E-state index in [1.54, 1.807) is 24.8 Å². The molecule has 2 aromatic rings. The molecule has 4 rings (SSSR count). The molecule has 2 aromatic heterocycles. The molecule has 7 nitrogen and oxygen atoms in total. The molecule has 1 amide bonds. The highest BCUT2D eigenvalue weighted by molar-refractivity contribution is 5.93. The molecular weight excluding hydrogens is 304 g/mol. The third-order valence-electron chi connectivity index (χ3n) is 5.18. The quantitative estimate of drug-likeness (QED) is 0.926. The van der Waals surface area contributed by atoms with E-state index in [0.717, 1.165) is 38.8 Å². The molecule has 0 aromatic carbocycles. The second kappa shape index (κ2) is 6.14. The minimum Gasteiger partial charge on any atom is -0.351 e. The van der Waals surface area contributed by atoms with Gasteiger partial charge in [-0.3, -0.25) is 4.79 Å². The Morgan fingerprint density at radius 2 is 1.79 bits per heavy atom. The molecule has 1 spiro atoms. The lowest BCUT2D eigenvalue weighted by Gasteiger charge is -2.52. The van der Waals surface area contributed by atoms with Crippen molar-refractivity contribution in [2.75, 3.05) is 18.4 Å². The van der Waals surface area contributed by atoms with Crippen LogP contribution in [-0.4, -0.2) is 49.9 Å². The highest BCUT2D eigenvalue weighted by Crippen LogP contribution is 2.49. The van der Waals surface area contributed by atoms with Gasteiger partial charge in [0.05, 0.1) is 5.56 Å². The van der Waals surface area contributed by atoms with Gasteiger partial charge in [0.25, 0.3) is 5.91 Å². The zero-order valence-corrected chi connectivity index (χ0v) is 13.4. The van der Waals surface area contributed by atoms with E-state index < -0.39 is 0 Å². The Bertz CT molecular complexity index is 692. The Kier molecular flexibility index (Phi) is 3.84. The van der Waals surface area contributed by atoms with Crippen LogP contribution >= 0.6 is 0 Å². The van der Waals surface area contributed by atoms with Crippen LogP contribution in [0, 0.1) is 5.41 Å². The largest absolute Gasteiger partial charge is 0.351 e. The third kappa shape index (κ3) is 2.93. The zero-order chi connectivity index (χ0) is 16.4. The van der Waals surface area contributed by atoms with Crippen LogP contribution in [0.1, 0.15) is 36.0 Å². The molecule has 3 heterocycles.